The number of piperidine rings is 1. The molecule has 156 valence electrons. The molecular weight excluding hydrogens is 423 g/mol. The van der Waals surface area contributed by atoms with Crippen LogP contribution in [0.3, 0.4) is 0 Å². The molecule has 4 rings (SSSR count). The Hall–Kier alpha value is -2.50. The van der Waals surface area contributed by atoms with Crippen LogP contribution in [-0.4, -0.2) is 41.4 Å². The summed E-state index contributed by atoms with van der Waals surface area (Å²) in [5.41, 5.74) is 1.57. The molecule has 2 aromatic carbocycles. The lowest BCUT2D eigenvalue weighted by atomic mass is 9.89. The maximum atomic E-state index is 12.8. The average Bonchev–Trinajstić information content (AvgIpc) is 3.17. The summed E-state index contributed by atoms with van der Waals surface area (Å²) in [7, 11) is 1.64. The number of methoxy groups -OCH3 is 1. The van der Waals surface area contributed by atoms with Crippen LogP contribution in [0, 0.1) is 5.92 Å². The van der Waals surface area contributed by atoms with Gasteiger partial charge in [-0.3, -0.25) is 9.59 Å². The molecule has 2 heterocycles. The minimum Gasteiger partial charge on any atom is -0.497 e. The van der Waals surface area contributed by atoms with Crippen molar-refractivity contribution in [3.63, 3.8) is 0 Å². The van der Waals surface area contributed by atoms with E-state index in [-0.39, 0.29) is 24.2 Å². The Labute approximate surface area is 185 Å². The van der Waals surface area contributed by atoms with Gasteiger partial charge >= 0.3 is 0 Å². The second kappa shape index (κ2) is 8.70. The van der Waals surface area contributed by atoms with Gasteiger partial charge in [0.1, 0.15) is 12.3 Å². The van der Waals surface area contributed by atoms with Gasteiger partial charge in [0, 0.05) is 41.7 Å². The standard InChI is InChI=1S/C23H22Cl2N2O3/c1-30-18-3-5-21-16(12-18)8-11-27(21)14-22(28)26-9-6-15(7-10-26)23(29)17-2-4-19(24)20(25)13-17/h2-5,8,11-13,15H,6-7,9-10,14H2,1H3. The number of Topliss-reactive ketones (excluding diaryl/α,β-unsaturated/α-hetero) is 1. The number of nitrogens with zero attached hydrogens (tertiary/aromatic N) is 2. The molecule has 1 fully saturated rings. The predicted octanol–water partition coefficient (Wildman–Crippen LogP) is 5.08. The van der Waals surface area contributed by atoms with E-state index in [4.69, 9.17) is 27.9 Å². The molecule has 1 aliphatic heterocycles. The lowest BCUT2D eigenvalue weighted by molar-refractivity contribution is -0.133. The lowest BCUT2D eigenvalue weighted by Gasteiger charge is -2.31. The van der Waals surface area contributed by atoms with E-state index in [0.29, 0.717) is 41.5 Å². The molecule has 0 spiro atoms. The maximum absolute atomic E-state index is 12.8. The van der Waals surface area contributed by atoms with Crippen molar-refractivity contribution in [2.45, 2.75) is 19.4 Å². The van der Waals surface area contributed by atoms with Crippen LogP contribution in [-0.2, 0) is 11.3 Å². The molecule has 0 atom stereocenters. The molecule has 1 saturated heterocycles. The van der Waals surface area contributed by atoms with Crippen LogP contribution in [0.5, 0.6) is 5.75 Å². The Balaban J connectivity index is 1.37. The SMILES string of the molecule is COc1ccc2c(ccn2CC(=O)N2CCC(C(=O)c3ccc(Cl)c(Cl)c3)CC2)c1. The van der Waals surface area contributed by atoms with Gasteiger partial charge in [0.05, 0.1) is 17.2 Å². The third-order valence-corrected chi connectivity index (χ3v) is 6.45. The van der Waals surface area contributed by atoms with Crippen molar-refractivity contribution in [1.29, 1.82) is 0 Å². The van der Waals surface area contributed by atoms with Crippen LogP contribution in [0.15, 0.2) is 48.7 Å². The predicted molar refractivity (Wildman–Crippen MR) is 119 cm³/mol. The molecule has 1 amide bonds. The smallest absolute Gasteiger partial charge is 0.242 e. The number of carbonyl (C=O) groups is 2. The number of ketones is 1. The zero-order valence-corrected chi connectivity index (χ0v) is 18.1. The topological polar surface area (TPSA) is 51.5 Å². The monoisotopic (exact) mass is 444 g/mol. The fourth-order valence-electron chi connectivity index (χ4n) is 3.96. The molecule has 0 unspecified atom stereocenters. The number of rotatable bonds is 5. The molecule has 0 saturated carbocycles. The summed E-state index contributed by atoms with van der Waals surface area (Å²) in [5, 5.41) is 1.85. The fraction of sp³-hybridized carbons (Fsp3) is 0.304. The Bertz CT molecular complexity index is 1100. The third-order valence-electron chi connectivity index (χ3n) is 5.71. The number of carbonyl (C=O) groups excluding carboxylic acids is 2. The summed E-state index contributed by atoms with van der Waals surface area (Å²) >= 11 is 12.0. The Morgan fingerprint density at radius 1 is 1.03 bits per heavy atom. The highest BCUT2D eigenvalue weighted by Crippen LogP contribution is 2.27. The van der Waals surface area contributed by atoms with Crippen LogP contribution < -0.4 is 4.74 Å². The van der Waals surface area contributed by atoms with E-state index >= 15 is 0 Å². The molecule has 5 nitrogen and oxygen atoms in total. The number of halogens is 2. The average molecular weight is 445 g/mol. The molecule has 3 aromatic rings. The van der Waals surface area contributed by atoms with Crippen molar-refractivity contribution >= 4 is 45.8 Å². The molecule has 0 aliphatic carbocycles. The van der Waals surface area contributed by atoms with Crippen molar-refractivity contribution in [1.82, 2.24) is 9.47 Å². The van der Waals surface area contributed by atoms with Gasteiger partial charge in [-0.1, -0.05) is 23.2 Å². The van der Waals surface area contributed by atoms with E-state index in [1.54, 1.807) is 25.3 Å². The third kappa shape index (κ3) is 4.18. The summed E-state index contributed by atoms with van der Waals surface area (Å²) in [5.74, 6) is 0.807. The van der Waals surface area contributed by atoms with Crippen LogP contribution in [0.4, 0.5) is 0 Å². The van der Waals surface area contributed by atoms with Crippen molar-refractivity contribution in [3.05, 3.63) is 64.3 Å². The molecule has 1 aromatic heterocycles. The second-order valence-electron chi connectivity index (χ2n) is 7.52. The van der Waals surface area contributed by atoms with Gasteiger partial charge in [-0.05, 0) is 55.3 Å². The first-order valence-corrected chi connectivity index (χ1v) is 10.6. The van der Waals surface area contributed by atoms with E-state index in [9.17, 15) is 9.59 Å². The number of fused-ring (bicyclic) bond motifs is 1. The highest BCUT2D eigenvalue weighted by atomic mass is 35.5. The number of hydrogen-bond acceptors (Lipinski definition) is 3. The van der Waals surface area contributed by atoms with Gasteiger partial charge in [0.15, 0.2) is 5.78 Å². The van der Waals surface area contributed by atoms with Crippen LogP contribution in [0.1, 0.15) is 23.2 Å². The number of aromatic nitrogens is 1. The van der Waals surface area contributed by atoms with Crippen LogP contribution >= 0.6 is 23.2 Å². The van der Waals surface area contributed by atoms with Crippen LogP contribution in [0.25, 0.3) is 10.9 Å². The zero-order valence-electron chi connectivity index (χ0n) is 16.6. The van der Waals surface area contributed by atoms with Gasteiger partial charge in [-0.15, -0.1) is 0 Å². The van der Waals surface area contributed by atoms with E-state index in [2.05, 4.69) is 0 Å². The lowest BCUT2D eigenvalue weighted by Crippen LogP contribution is -2.41. The van der Waals surface area contributed by atoms with E-state index < -0.39 is 0 Å². The summed E-state index contributed by atoms with van der Waals surface area (Å²) in [6.45, 7) is 1.43. The molecule has 7 heteroatoms. The molecule has 0 bridgehead atoms. The van der Waals surface area contributed by atoms with Gasteiger partial charge in [-0.2, -0.15) is 0 Å². The first-order chi connectivity index (χ1) is 14.5. The van der Waals surface area contributed by atoms with Crippen molar-refractivity contribution in [3.8, 4) is 5.75 Å². The van der Waals surface area contributed by atoms with Crippen molar-refractivity contribution in [2.24, 2.45) is 5.92 Å². The molecular formula is C23H22Cl2N2O3. The molecule has 0 radical (unpaired) electrons. The molecule has 1 aliphatic rings. The Morgan fingerprint density at radius 3 is 2.50 bits per heavy atom. The Morgan fingerprint density at radius 2 is 1.80 bits per heavy atom. The highest BCUT2D eigenvalue weighted by molar-refractivity contribution is 6.42. The van der Waals surface area contributed by atoms with E-state index in [0.717, 1.165) is 16.7 Å². The van der Waals surface area contributed by atoms with Crippen LogP contribution in [0.2, 0.25) is 10.0 Å². The number of hydrogen-bond donors (Lipinski definition) is 0. The second-order valence-corrected chi connectivity index (χ2v) is 8.33. The summed E-state index contributed by atoms with van der Waals surface area (Å²) in [4.78, 5) is 27.4. The summed E-state index contributed by atoms with van der Waals surface area (Å²) in [6.07, 6.45) is 3.21. The first-order valence-electron chi connectivity index (χ1n) is 9.86. The minimum atomic E-state index is -0.105. The summed E-state index contributed by atoms with van der Waals surface area (Å²) < 4.78 is 7.20. The van der Waals surface area contributed by atoms with Gasteiger partial charge in [-0.25, -0.2) is 0 Å². The first kappa shape index (κ1) is 20.8. The minimum absolute atomic E-state index is 0.0590. The maximum Gasteiger partial charge on any atom is 0.242 e. The number of amides is 1. The fourth-order valence-corrected chi connectivity index (χ4v) is 4.26. The van der Waals surface area contributed by atoms with Crippen molar-refractivity contribution in [2.75, 3.05) is 20.2 Å². The van der Waals surface area contributed by atoms with E-state index in [1.807, 2.05) is 39.9 Å². The van der Waals surface area contributed by atoms with E-state index in [1.165, 1.54) is 0 Å². The molecule has 0 N–H and O–H groups in total. The van der Waals surface area contributed by atoms with Gasteiger partial charge < -0.3 is 14.2 Å². The highest BCUT2D eigenvalue weighted by Gasteiger charge is 2.28. The van der Waals surface area contributed by atoms with Gasteiger partial charge in [0.2, 0.25) is 5.91 Å². The normalized spacial score (nSPS) is 14.8. The quantitative estimate of drug-likeness (QED) is 0.515. The van der Waals surface area contributed by atoms with Gasteiger partial charge in [0.25, 0.3) is 0 Å². The molecule has 30 heavy (non-hydrogen) atoms. The number of ether oxygens (including phenoxy) is 1. The number of benzene rings is 2. The summed E-state index contributed by atoms with van der Waals surface area (Å²) in [6, 6.07) is 12.8. The van der Waals surface area contributed by atoms with Crippen molar-refractivity contribution < 1.29 is 14.3 Å². The number of likely N-dealkylation sites (tertiary alicyclic amines) is 1. The largest absolute Gasteiger partial charge is 0.497 e. The zero-order chi connectivity index (χ0) is 21.3. The Kier molecular flexibility index (Phi) is 6.02.